The lowest BCUT2D eigenvalue weighted by Gasteiger charge is -2.08. The van der Waals surface area contributed by atoms with Crippen LogP contribution in [0.25, 0.3) is 10.2 Å². The van der Waals surface area contributed by atoms with Gasteiger partial charge >= 0.3 is 0 Å². The molecule has 1 aromatic heterocycles. The summed E-state index contributed by atoms with van der Waals surface area (Å²) in [5.74, 6) is -0.507. The predicted molar refractivity (Wildman–Crippen MR) is 89.9 cm³/mol. The Balaban J connectivity index is 2.00. The Morgan fingerprint density at radius 3 is 2.91 bits per heavy atom. The van der Waals surface area contributed by atoms with Crippen LogP contribution >= 0.6 is 11.3 Å². The first-order valence-electron chi connectivity index (χ1n) is 6.52. The molecule has 0 radical (unpaired) electrons. The lowest BCUT2D eigenvalue weighted by Crippen LogP contribution is -2.06. The molecule has 0 saturated carbocycles. The van der Waals surface area contributed by atoms with E-state index in [1.54, 1.807) is 18.2 Å². The lowest BCUT2D eigenvalue weighted by atomic mass is 10.1. The number of halogens is 1. The second-order valence-electron chi connectivity index (χ2n) is 4.82. The number of hydrogen-bond donors (Lipinski definition) is 2. The van der Waals surface area contributed by atoms with Crippen LogP contribution in [0.2, 0.25) is 0 Å². The summed E-state index contributed by atoms with van der Waals surface area (Å²) in [6.07, 6.45) is 0. The standard InChI is InChI=1S/C15H11FN4OS2/c1-8-2-3-11(4-9(8)7-17)20-23(21)13-6-10(16)5-12-14(13)19-15(18)22-12/h2-6,20H,1H3,(H2,18,19). The van der Waals surface area contributed by atoms with Gasteiger partial charge < -0.3 is 10.5 Å². The molecule has 8 heteroatoms. The summed E-state index contributed by atoms with van der Waals surface area (Å²) < 4.78 is 29.6. The third-order valence-electron chi connectivity index (χ3n) is 3.21. The van der Waals surface area contributed by atoms with Crippen LogP contribution in [0.1, 0.15) is 11.1 Å². The molecule has 0 spiro atoms. The molecule has 116 valence electrons. The summed E-state index contributed by atoms with van der Waals surface area (Å²) in [6.45, 7) is 1.81. The number of nitriles is 1. The van der Waals surface area contributed by atoms with Gasteiger partial charge in [0.1, 0.15) is 11.3 Å². The van der Waals surface area contributed by atoms with Gasteiger partial charge in [0.15, 0.2) is 16.1 Å². The van der Waals surface area contributed by atoms with E-state index in [0.29, 0.717) is 21.5 Å². The Hall–Kier alpha value is -2.50. The average Bonchev–Trinajstić information content (AvgIpc) is 2.88. The van der Waals surface area contributed by atoms with Crippen LogP contribution in [-0.4, -0.2) is 9.19 Å². The molecule has 3 N–H and O–H groups in total. The number of aryl methyl sites for hydroxylation is 1. The number of nitrogens with one attached hydrogen (secondary N) is 1. The highest BCUT2D eigenvalue weighted by molar-refractivity contribution is 7.86. The van der Waals surface area contributed by atoms with Gasteiger partial charge in [-0.1, -0.05) is 17.4 Å². The zero-order chi connectivity index (χ0) is 16.6. The fourth-order valence-electron chi connectivity index (χ4n) is 2.09. The van der Waals surface area contributed by atoms with Crippen molar-refractivity contribution < 1.29 is 8.60 Å². The zero-order valence-corrected chi connectivity index (χ0v) is 13.6. The third kappa shape index (κ3) is 3.02. The van der Waals surface area contributed by atoms with Gasteiger partial charge in [-0.3, -0.25) is 0 Å². The number of thiazole rings is 1. The highest BCUT2D eigenvalue weighted by Gasteiger charge is 2.15. The van der Waals surface area contributed by atoms with Crippen molar-refractivity contribution >= 4 is 43.4 Å². The molecule has 0 bridgehead atoms. The van der Waals surface area contributed by atoms with E-state index in [2.05, 4.69) is 15.8 Å². The Bertz CT molecular complexity index is 978. The molecule has 1 unspecified atom stereocenters. The topological polar surface area (TPSA) is 91.8 Å². The Morgan fingerprint density at radius 2 is 2.17 bits per heavy atom. The summed E-state index contributed by atoms with van der Waals surface area (Å²) in [5, 5.41) is 9.33. The summed E-state index contributed by atoms with van der Waals surface area (Å²) >= 11 is 1.13. The molecule has 2 aromatic carbocycles. The molecule has 23 heavy (non-hydrogen) atoms. The minimum Gasteiger partial charge on any atom is -0.375 e. The van der Waals surface area contributed by atoms with Crippen LogP contribution in [0, 0.1) is 24.1 Å². The summed E-state index contributed by atoms with van der Waals surface area (Å²) in [5.41, 5.74) is 7.87. The Morgan fingerprint density at radius 1 is 1.39 bits per heavy atom. The van der Waals surface area contributed by atoms with Crippen molar-refractivity contribution in [3.05, 3.63) is 47.3 Å². The van der Waals surface area contributed by atoms with Crippen LogP contribution in [0.3, 0.4) is 0 Å². The molecule has 3 rings (SSSR count). The number of hydrogen-bond acceptors (Lipinski definition) is 5. The number of nitrogen functional groups attached to an aromatic ring is 1. The van der Waals surface area contributed by atoms with E-state index in [0.717, 1.165) is 16.9 Å². The maximum absolute atomic E-state index is 13.7. The van der Waals surface area contributed by atoms with Crippen molar-refractivity contribution in [3.63, 3.8) is 0 Å². The molecule has 0 amide bonds. The number of nitrogens with two attached hydrogens (primary N) is 1. The largest absolute Gasteiger partial charge is 0.375 e. The molecule has 0 saturated heterocycles. The SMILES string of the molecule is Cc1ccc(NS(=O)c2cc(F)cc3sc(N)nc23)cc1C#N. The van der Waals surface area contributed by atoms with Crippen LogP contribution in [0.4, 0.5) is 15.2 Å². The molecule has 1 atom stereocenters. The van der Waals surface area contributed by atoms with Crippen molar-refractivity contribution in [2.24, 2.45) is 0 Å². The highest BCUT2D eigenvalue weighted by atomic mass is 32.2. The molecular weight excluding hydrogens is 335 g/mol. The number of anilines is 2. The van der Waals surface area contributed by atoms with Gasteiger partial charge in [0, 0.05) is 5.69 Å². The van der Waals surface area contributed by atoms with Gasteiger partial charge in [-0.05, 0) is 36.8 Å². The average molecular weight is 346 g/mol. The number of benzene rings is 2. The van der Waals surface area contributed by atoms with E-state index in [4.69, 9.17) is 11.0 Å². The second-order valence-corrected chi connectivity index (χ2v) is 7.06. The summed E-state index contributed by atoms with van der Waals surface area (Å²) in [6, 6.07) is 9.60. The third-order valence-corrected chi connectivity index (χ3v) is 5.17. The molecule has 1 heterocycles. The molecule has 0 fully saturated rings. The minimum absolute atomic E-state index is 0.215. The Labute approximate surface area is 138 Å². The summed E-state index contributed by atoms with van der Waals surface area (Å²) in [4.78, 5) is 4.32. The van der Waals surface area contributed by atoms with Crippen LogP contribution in [-0.2, 0) is 11.0 Å². The molecule has 0 aliphatic rings. The fourth-order valence-corrected chi connectivity index (χ4v) is 3.95. The monoisotopic (exact) mass is 346 g/mol. The predicted octanol–water partition coefficient (Wildman–Crippen LogP) is 3.33. The van der Waals surface area contributed by atoms with Gasteiger partial charge in [0.05, 0.1) is 21.2 Å². The van der Waals surface area contributed by atoms with E-state index in [1.165, 1.54) is 12.1 Å². The van der Waals surface area contributed by atoms with Gasteiger partial charge in [0.25, 0.3) is 0 Å². The normalized spacial score (nSPS) is 12.0. The second kappa shape index (κ2) is 5.95. The first kappa shape index (κ1) is 15.4. The lowest BCUT2D eigenvalue weighted by molar-refractivity contribution is 0.625. The van der Waals surface area contributed by atoms with Crippen LogP contribution in [0.5, 0.6) is 0 Å². The van der Waals surface area contributed by atoms with E-state index in [9.17, 15) is 8.60 Å². The molecular formula is C15H11FN4OS2. The van der Waals surface area contributed by atoms with Crippen molar-refractivity contribution in [2.45, 2.75) is 11.8 Å². The van der Waals surface area contributed by atoms with Gasteiger partial charge in [-0.2, -0.15) is 5.26 Å². The Kier molecular flexibility index (Phi) is 3.98. The maximum atomic E-state index is 13.7. The van der Waals surface area contributed by atoms with Gasteiger partial charge in [0.2, 0.25) is 0 Å². The van der Waals surface area contributed by atoms with Crippen molar-refractivity contribution in [2.75, 3.05) is 10.5 Å². The first-order chi connectivity index (χ1) is 11.0. The van der Waals surface area contributed by atoms with Gasteiger partial charge in [-0.25, -0.2) is 13.6 Å². The smallest absolute Gasteiger partial charge is 0.181 e. The van der Waals surface area contributed by atoms with E-state index < -0.39 is 16.8 Å². The van der Waals surface area contributed by atoms with Crippen molar-refractivity contribution in [3.8, 4) is 6.07 Å². The fraction of sp³-hybridized carbons (Fsp3) is 0.0667. The zero-order valence-electron chi connectivity index (χ0n) is 12.0. The number of nitrogens with zero attached hydrogens (tertiary/aromatic N) is 2. The highest BCUT2D eigenvalue weighted by Crippen LogP contribution is 2.30. The van der Waals surface area contributed by atoms with Crippen LogP contribution < -0.4 is 10.5 Å². The molecule has 3 aromatic rings. The molecule has 5 nitrogen and oxygen atoms in total. The van der Waals surface area contributed by atoms with Crippen molar-refractivity contribution in [1.82, 2.24) is 4.98 Å². The van der Waals surface area contributed by atoms with E-state index >= 15 is 0 Å². The van der Waals surface area contributed by atoms with E-state index in [1.807, 2.05) is 6.92 Å². The quantitative estimate of drug-likeness (QED) is 0.761. The van der Waals surface area contributed by atoms with Crippen molar-refractivity contribution in [1.29, 1.82) is 5.26 Å². The summed E-state index contributed by atoms with van der Waals surface area (Å²) in [7, 11) is -1.73. The number of rotatable bonds is 3. The maximum Gasteiger partial charge on any atom is 0.181 e. The van der Waals surface area contributed by atoms with Gasteiger partial charge in [-0.15, -0.1) is 0 Å². The van der Waals surface area contributed by atoms with E-state index in [-0.39, 0.29) is 10.0 Å². The first-order valence-corrected chi connectivity index (χ1v) is 8.49. The number of aromatic nitrogens is 1. The van der Waals surface area contributed by atoms with Crippen LogP contribution in [0.15, 0.2) is 35.2 Å². The molecule has 0 aliphatic heterocycles. The molecule has 0 aliphatic carbocycles. The minimum atomic E-state index is -1.73. The number of fused-ring (bicyclic) bond motifs is 1.